The molecule has 0 spiro atoms. The Balaban J connectivity index is 2.48. The lowest BCUT2D eigenvalue weighted by molar-refractivity contribution is 0.664. The van der Waals surface area contributed by atoms with E-state index in [0.29, 0.717) is 11.5 Å². The Hall–Kier alpha value is -2.40. The number of hydrogen-bond donors (Lipinski definition) is 1. The van der Waals surface area contributed by atoms with E-state index in [0.717, 1.165) is 16.8 Å². The number of benzene rings is 1. The number of nitrogens with zero attached hydrogens (tertiary/aromatic N) is 3. The number of nitrogens with two attached hydrogens (primary N) is 1. The van der Waals surface area contributed by atoms with Crippen LogP contribution in [-0.4, -0.2) is 14.0 Å². The zero-order valence-electron chi connectivity index (χ0n) is 12.4. The molecule has 1 atom stereocenters. The van der Waals surface area contributed by atoms with E-state index in [1.165, 1.54) is 4.40 Å². The summed E-state index contributed by atoms with van der Waals surface area (Å²) in [4.78, 5) is 17.4. The fraction of sp³-hybridized carbons (Fsp3) is 0.250. The first kappa shape index (κ1) is 13.6. The van der Waals surface area contributed by atoms with Crippen molar-refractivity contribution in [2.45, 2.75) is 26.8 Å². The van der Waals surface area contributed by atoms with Crippen LogP contribution < -0.4 is 11.4 Å². The van der Waals surface area contributed by atoms with Crippen LogP contribution in [0.4, 0.5) is 0 Å². The van der Waals surface area contributed by atoms with Crippen LogP contribution in [0, 0.1) is 13.8 Å². The molecule has 0 saturated heterocycles. The first-order chi connectivity index (χ1) is 10.0. The number of hydrogen-bond acceptors (Lipinski definition) is 3. The van der Waals surface area contributed by atoms with Gasteiger partial charge in [0.25, 0.3) is 0 Å². The molecule has 5 nitrogen and oxygen atoms in total. The predicted octanol–water partition coefficient (Wildman–Crippen LogP) is 2.12. The van der Waals surface area contributed by atoms with Gasteiger partial charge in [0, 0.05) is 6.20 Å². The lowest BCUT2D eigenvalue weighted by atomic mass is 10.1. The highest BCUT2D eigenvalue weighted by Crippen LogP contribution is 2.20. The molecule has 0 amide bonds. The topological polar surface area (TPSA) is 65.3 Å². The van der Waals surface area contributed by atoms with Crippen LogP contribution in [0.1, 0.15) is 29.9 Å². The van der Waals surface area contributed by atoms with Crippen LogP contribution in [0.5, 0.6) is 0 Å². The van der Waals surface area contributed by atoms with E-state index in [1.807, 2.05) is 51.1 Å². The van der Waals surface area contributed by atoms with E-state index >= 15 is 0 Å². The van der Waals surface area contributed by atoms with E-state index in [1.54, 1.807) is 10.8 Å². The Morgan fingerprint density at radius 1 is 1.14 bits per heavy atom. The molecule has 2 heterocycles. The monoisotopic (exact) mass is 282 g/mol. The van der Waals surface area contributed by atoms with Gasteiger partial charge in [0.2, 0.25) is 0 Å². The maximum Gasteiger partial charge on any atom is 0.339 e. The van der Waals surface area contributed by atoms with E-state index in [4.69, 9.17) is 5.73 Å². The molecule has 2 aromatic heterocycles. The van der Waals surface area contributed by atoms with Crippen molar-refractivity contribution in [3.05, 3.63) is 64.0 Å². The van der Waals surface area contributed by atoms with Gasteiger partial charge in [-0.15, -0.1) is 0 Å². The molecule has 0 fully saturated rings. The van der Waals surface area contributed by atoms with Crippen molar-refractivity contribution in [2.75, 3.05) is 0 Å². The van der Waals surface area contributed by atoms with Gasteiger partial charge >= 0.3 is 5.69 Å². The first-order valence-corrected chi connectivity index (χ1v) is 6.93. The predicted molar refractivity (Wildman–Crippen MR) is 82.9 cm³/mol. The van der Waals surface area contributed by atoms with Crippen molar-refractivity contribution in [3.63, 3.8) is 0 Å². The summed E-state index contributed by atoms with van der Waals surface area (Å²) in [5, 5.41) is 0. The highest BCUT2D eigenvalue weighted by molar-refractivity contribution is 5.49. The van der Waals surface area contributed by atoms with Gasteiger partial charge in [-0.2, -0.15) is 0 Å². The summed E-state index contributed by atoms with van der Waals surface area (Å²) in [5.74, 6) is 0.573. The first-order valence-electron chi connectivity index (χ1n) is 6.93. The fourth-order valence-electron chi connectivity index (χ4n) is 2.67. The third-order valence-corrected chi connectivity index (χ3v) is 3.65. The summed E-state index contributed by atoms with van der Waals surface area (Å²) in [6, 6.07) is 9.23. The summed E-state index contributed by atoms with van der Waals surface area (Å²) in [6.07, 6.45) is 1.72. The minimum atomic E-state index is -0.336. The molecule has 1 unspecified atom stereocenters. The Labute approximate surface area is 122 Å². The van der Waals surface area contributed by atoms with Crippen molar-refractivity contribution in [3.8, 4) is 5.69 Å². The van der Waals surface area contributed by atoms with E-state index in [9.17, 15) is 4.79 Å². The lowest BCUT2D eigenvalue weighted by Crippen LogP contribution is -2.32. The average Bonchev–Trinajstić information content (AvgIpc) is 2.89. The molecule has 0 aliphatic heterocycles. The molecule has 0 aliphatic rings. The summed E-state index contributed by atoms with van der Waals surface area (Å²) in [7, 11) is 0. The Bertz CT molecular complexity index is 853. The molecular formula is C16H18N4O. The Morgan fingerprint density at radius 2 is 1.81 bits per heavy atom. The molecule has 3 aromatic rings. The molecule has 108 valence electrons. The number of para-hydroxylation sites is 1. The van der Waals surface area contributed by atoms with Crippen molar-refractivity contribution in [1.29, 1.82) is 0 Å². The molecule has 3 rings (SSSR count). The zero-order valence-corrected chi connectivity index (χ0v) is 12.4. The standard InChI is InChI=1S/C16H18N4O/c1-10-6-4-7-11(2)14(10)20-15(12(3)17)18-13-8-5-9-19(13)16(20)21/h4-9,12H,17H2,1-3H3. The van der Waals surface area contributed by atoms with E-state index in [2.05, 4.69) is 4.98 Å². The van der Waals surface area contributed by atoms with Crippen LogP contribution in [0.25, 0.3) is 11.3 Å². The van der Waals surface area contributed by atoms with Gasteiger partial charge in [0.15, 0.2) is 0 Å². The normalized spacial score (nSPS) is 12.8. The molecule has 21 heavy (non-hydrogen) atoms. The average molecular weight is 282 g/mol. The smallest absolute Gasteiger partial charge is 0.322 e. The van der Waals surface area contributed by atoms with Crippen molar-refractivity contribution in [2.24, 2.45) is 5.73 Å². The summed E-state index contributed by atoms with van der Waals surface area (Å²) < 4.78 is 3.17. The minimum absolute atomic E-state index is 0.144. The summed E-state index contributed by atoms with van der Waals surface area (Å²) in [5.41, 5.74) is 9.43. The third kappa shape index (κ3) is 2.06. The second-order valence-corrected chi connectivity index (χ2v) is 5.35. The van der Waals surface area contributed by atoms with Crippen LogP contribution in [0.3, 0.4) is 0 Å². The number of aromatic nitrogens is 3. The van der Waals surface area contributed by atoms with Crippen molar-refractivity contribution < 1.29 is 0 Å². The molecule has 0 bridgehead atoms. The fourth-order valence-corrected chi connectivity index (χ4v) is 2.67. The van der Waals surface area contributed by atoms with E-state index < -0.39 is 0 Å². The van der Waals surface area contributed by atoms with Gasteiger partial charge < -0.3 is 5.73 Å². The summed E-state index contributed by atoms with van der Waals surface area (Å²) >= 11 is 0. The SMILES string of the molecule is Cc1cccc(C)c1-n1c(C(C)N)nc2cccn2c1=O. The van der Waals surface area contributed by atoms with Crippen LogP contribution in [0.15, 0.2) is 41.3 Å². The minimum Gasteiger partial charge on any atom is -0.322 e. The van der Waals surface area contributed by atoms with Crippen molar-refractivity contribution in [1.82, 2.24) is 14.0 Å². The van der Waals surface area contributed by atoms with Gasteiger partial charge in [-0.3, -0.25) is 4.40 Å². The Kier molecular flexibility index (Phi) is 3.14. The van der Waals surface area contributed by atoms with Crippen LogP contribution in [-0.2, 0) is 0 Å². The molecule has 0 aliphatic carbocycles. The van der Waals surface area contributed by atoms with Gasteiger partial charge in [-0.05, 0) is 44.0 Å². The van der Waals surface area contributed by atoms with E-state index in [-0.39, 0.29) is 11.7 Å². The third-order valence-electron chi connectivity index (χ3n) is 3.65. The molecule has 1 aromatic carbocycles. The lowest BCUT2D eigenvalue weighted by Gasteiger charge is -2.18. The van der Waals surface area contributed by atoms with Crippen LogP contribution >= 0.6 is 0 Å². The molecular weight excluding hydrogens is 264 g/mol. The summed E-state index contributed by atoms with van der Waals surface area (Å²) in [6.45, 7) is 5.81. The van der Waals surface area contributed by atoms with Crippen molar-refractivity contribution >= 4 is 5.65 Å². The van der Waals surface area contributed by atoms with Gasteiger partial charge in [-0.25, -0.2) is 14.3 Å². The number of rotatable bonds is 2. The molecule has 0 radical (unpaired) electrons. The highest BCUT2D eigenvalue weighted by atomic mass is 16.1. The second kappa shape index (κ2) is 4.86. The molecule has 2 N–H and O–H groups in total. The van der Waals surface area contributed by atoms with Crippen LogP contribution in [0.2, 0.25) is 0 Å². The molecule has 5 heteroatoms. The quantitative estimate of drug-likeness (QED) is 0.783. The maximum atomic E-state index is 12.9. The number of aryl methyl sites for hydroxylation is 2. The van der Waals surface area contributed by atoms with Gasteiger partial charge in [0.1, 0.15) is 11.5 Å². The van der Waals surface area contributed by atoms with Gasteiger partial charge in [0.05, 0.1) is 11.7 Å². The number of fused-ring (bicyclic) bond motifs is 1. The second-order valence-electron chi connectivity index (χ2n) is 5.35. The highest BCUT2D eigenvalue weighted by Gasteiger charge is 2.17. The zero-order chi connectivity index (χ0) is 15.1. The maximum absolute atomic E-state index is 12.9. The molecule has 0 saturated carbocycles. The van der Waals surface area contributed by atoms with Gasteiger partial charge in [-0.1, -0.05) is 18.2 Å². The Morgan fingerprint density at radius 3 is 2.43 bits per heavy atom. The largest absolute Gasteiger partial charge is 0.339 e.